The van der Waals surface area contributed by atoms with Crippen LogP contribution in [0.2, 0.25) is 0 Å². The third-order valence-electron chi connectivity index (χ3n) is 3.05. The van der Waals surface area contributed by atoms with Crippen LogP contribution in [0.15, 0.2) is 0 Å². The SMILES string of the molecule is O=C1CCC2(CC(CO)NC2=O)C(=O)N1. The van der Waals surface area contributed by atoms with E-state index in [0.29, 0.717) is 0 Å². The van der Waals surface area contributed by atoms with Gasteiger partial charge in [-0.25, -0.2) is 0 Å². The van der Waals surface area contributed by atoms with Gasteiger partial charge in [0.05, 0.1) is 12.6 Å². The van der Waals surface area contributed by atoms with Crippen molar-refractivity contribution in [3.05, 3.63) is 0 Å². The van der Waals surface area contributed by atoms with Crippen LogP contribution in [0.1, 0.15) is 19.3 Å². The first-order valence-corrected chi connectivity index (χ1v) is 4.84. The molecule has 2 atom stereocenters. The number of piperidine rings is 1. The summed E-state index contributed by atoms with van der Waals surface area (Å²) in [5, 5.41) is 13.6. The second-order valence-electron chi connectivity index (χ2n) is 4.02. The molecule has 3 N–H and O–H groups in total. The second-order valence-corrected chi connectivity index (χ2v) is 4.02. The summed E-state index contributed by atoms with van der Waals surface area (Å²) in [4.78, 5) is 34.2. The number of carbonyl (C=O) groups excluding carboxylic acids is 3. The summed E-state index contributed by atoms with van der Waals surface area (Å²) in [6.45, 7) is -0.186. The van der Waals surface area contributed by atoms with E-state index in [1.807, 2.05) is 0 Å². The van der Waals surface area contributed by atoms with Crippen LogP contribution in [-0.4, -0.2) is 35.5 Å². The number of hydrogen-bond donors (Lipinski definition) is 3. The van der Waals surface area contributed by atoms with Gasteiger partial charge in [0.15, 0.2) is 0 Å². The summed E-state index contributed by atoms with van der Waals surface area (Å²) in [5.74, 6) is -1.26. The summed E-state index contributed by atoms with van der Waals surface area (Å²) in [5.41, 5.74) is -1.14. The Morgan fingerprint density at radius 3 is 2.60 bits per heavy atom. The molecule has 2 heterocycles. The molecule has 0 bridgehead atoms. The van der Waals surface area contributed by atoms with Crippen molar-refractivity contribution in [1.29, 1.82) is 0 Å². The quantitative estimate of drug-likeness (QED) is 0.356. The van der Waals surface area contributed by atoms with Crippen molar-refractivity contribution < 1.29 is 19.5 Å². The number of imide groups is 1. The van der Waals surface area contributed by atoms with E-state index in [4.69, 9.17) is 5.11 Å². The average Bonchev–Trinajstić information content (AvgIpc) is 2.52. The largest absolute Gasteiger partial charge is 0.394 e. The van der Waals surface area contributed by atoms with E-state index in [-0.39, 0.29) is 43.7 Å². The topological polar surface area (TPSA) is 95.5 Å². The monoisotopic (exact) mass is 212 g/mol. The lowest BCUT2D eigenvalue weighted by Crippen LogP contribution is -2.52. The highest BCUT2D eigenvalue weighted by Gasteiger charge is 2.54. The van der Waals surface area contributed by atoms with Gasteiger partial charge in [-0.05, 0) is 12.8 Å². The van der Waals surface area contributed by atoms with Crippen molar-refractivity contribution in [1.82, 2.24) is 10.6 Å². The molecular weight excluding hydrogens is 200 g/mol. The fraction of sp³-hybridized carbons (Fsp3) is 0.667. The molecular formula is C9H12N2O4. The molecule has 2 aliphatic rings. The molecule has 15 heavy (non-hydrogen) atoms. The van der Waals surface area contributed by atoms with Gasteiger partial charge in [-0.1, -0.05) is 0 Å². The summed E-state index contributed by atoms with van der Waals surface area (Å²) < 4.78 is 0. The number of carbonyl (C=O) groups is 3. The Kier molecular flexibility index (Phi) is 2.22. The molecule has 0 saturated carbocycles. The van der Waals surface area contributed by atoms with Gasteiger partial charge >= 0.3 is 0 Å². The standard InChI is InChI=1S/C9H12N2O4/c12-4-5-3-9(7(14)10-5)2-1-6(13)11-8(9)15/h5,12H,1-4H2,(H,10,14)(H,11,13,15). The van der Waals surface area contributed by atoms with Crippen molar-refractivity contribution >= 4 is 17.7 Å². The normalized spacial score (nSPS) is 35.5. The van der Waals surface area contributed by atoms with E-state index in [9.17, 15) is 14.4 Å². The van der Waals surface area contributed by atoms with Crippen molar-refractivity contribution in [3.8, 4) is 0 Å². The van der Waals surface area contributed by atoms with E-state index in [2.05, 4.69) is 10.6 Å². The van der Waals surface area contributed by atoms with Gasteiger partial charge in [0.2, 0.25) is 17.7 Å². The smallest absolute Gasteiger partial charge is 0.242 e. The van der Waals surface area contributed by atoms with Gasteiger partial charge in [0.1, 0.15) is 5.41 Å². The molecule has 2 saturated heterocycles. The van der Waals surface area contributed by atoms with Crippen LogP contribution < -0.4 is 10.6 Å². The van der Waals surface area contributed by atoms with E-state index in [1.54, 1.807) is 0 Å². The highest BCUT2D eigenvalue weighted by molar-refractivity contribution is 6.13. The maximum Gasteiger partial charge on any atom is 0.242 e. The Morgan fingerprint density at radius 1 is 1.33 bits per heavy atom. The summed E-state index contributed by atoms with van der Waals surface area (Å²) >= 11 is 0. The molecule has 82 valence electrons. The van der Waals surface area contributed by atoms with E-state index in [0.717, 1.165) is 0 Å². The molecule has 6 nitrogen and oxygen atoms in total. The minimum Gasteiger partial charge on any atom is -0.394 e. The van der Waals surface area contributed by atoms with Crippen LogP contribution in [0.4, 0.5) is 0 Å². The van der Waals surface area contributed by atoms with Crippen molar-refractivity contribution in [2.24, 2.45) is 5.41 Å². The number of nitrogens with one attached hydrogen (secondary N) is 2. The molecule has 2 unspecified atom stereocenters. The molecule has 0 aromatic rings. The van der Waals surface area contributed by atoms with Crippen LogP contribution in [0.5, 0.6) is 0 Å². The van der Waals surface area contributed by atoms with Crippen LogP contribution in [-0.2, 0) is 14.4 Å². The van der Waals surface area contributed by atoms with Gasteiger partial charge in [0, 0.05) is 6.42 Å². The lowest BCUT2D eigenvalue weighted by Gasteiger charge is -2.28. The van der Waals surface area contributed by atoms with Gasteiger partial charge in [0.25, 0.3) is 0 Å². The molecule has 3 amide bonds. The predicted octanol–water partition coefficient (Wildman–Crippen LogP) is -1.71. The van der Waals surface area contributed by atoms with Crippen LogP contribution >= 0.6 is 0 Å². The molecule has 2 rings (SSSR count). The Morgan fingerprint density at radius 2 is 2.07 bits per heavy atom. The third-order valence-corrected chi connectivity index (χ3v) is 3.05. The van der Waals surface area contributed by atoms with Crippen LogP contribution in [0, 0.1) is 5.41 Å². The molecule has 0 radical (unpaired) electrons. The first kappa shape index (κ1) is 10.1. The first-order chi connectivity index (χ1) is 7.08. The minimum absolute atomic E-state index is 0.178. The fourth-order valence-electron chi connectivity index (χ4n) is 2.16. The number of rotatable bonds is 1. The lowest BCUT2D eigenvalue weighted by atomic mass is 9.77. The molecule has 2 fully saturated rings. The zero-order valence-corrected chi connectivity index (χ0v) is 8.08. The first-order valence-electron chi connectivity index (χ1n) is 4.84. The highest BCUT2D eigenvalue weighted by atomic mass is 16.3. The number of amides is 3. The minimum atomic E-state index is -1.14. The maximum absolute atomic E-state index is 11.6. The van der Waals surface area contributed by atoms with Crippen molar-refractivity contribution in [2.75, 3.05) is 6.61 Å². The van der Waals surface area contributed by atoms with E-state index in [1.165, 1.54) is 0 Å². The van der Waals surface area contributed by atoms with E-state index >= 15 is 0 Å². The van der Waals surface area contributed by atoms with E-state index < -0.39 is 11.3 Å². The number of aliphatic hydroxyl groups is 1. The van der Waals surface area contributed by atoms with Crippen molar-refractivity contribution in [3.63, 3.8) is 0 Å². The Bertz CT molecular complexity index is 341. The van der Waals surface area contributed by atoms with Gasteiger partial charge in [-0.3, -0.25) is 19.7 Å². The van der Waals surface area contributed by atoms with Gasteiger partial charge in [-0.15, -0.1) is 0 Å². The second kappa shape index (κ2) is 3.30. The van der Waals surface area contributed by atoms with Crippen LogP contribution in [0.3, 0.4) is 0 Å². The maximum atomic E-state index is 11.6. The fourth-order valence-corrected chi connectivity index (χ4v) is 2.16. The lowest BCUT2D eigenvalue weighted by molar-refractivity contribution is -0.147. The summed E-state index contributed by atoms with van der Waals surface area (Å²) in [6.07, 6.45) is 0.679. The Balaban J connectivity index is 2.23. The van der Waals surface area contributed by atoms with Crippen LogP contribution in [0.25, 0.3) is 0 Å². The van der Waals surface area contributed by atoms with Crippen molar-refractivity contribution in [2.45, 2.75) is 25.3 Å². The average molecular weight is 212 g/mol. The zero-order valence-electron chi connectivity index (χ0n) is 8.08. The molecule has 1 spiro atoms. The number of hydrogen-bond acceptors (Lipinski definition) is 4. The Hall–Kier alpha value is -1.43. The number of aliphatic hydroxyl groups excluding tert-OH is 1. The summed E-state index contributed by atoms with van der Waals surface area (Å²) in [7, 11) is 0. The molecule has 2 aliphatic heterocycles. The summed E-state index contributed by atoms with van der Waals surface area (Å²) in [6, 6.07) is -0.378. The highest BCUT2D eigenvalue weighted by Crippen LogP contribution is 2.37. The molecule has 0 aliphatic carbocycles. The predicted molar refractivity (Wildman–Crippen MR) is 48.5 cm³/mol. The molecule has 0 aromatic carbocycles. The zero-order chi connectivity index (χ0) is 11.1. The van der Waals surface area contributed by atoms with Gasteiger partial charge < -0.3 is 10.4 Å². The Labute approximate surface area is 86.0 Å². The third kappa shape index (κ3) is 1.41. The van der Waals surface area contributed by atoms with Gasteiger partial charge in [-0.2, -0.15) is 0 Å². The molecule has 6 heteroatoms. The molecule has 0 aromatic heterocycles.